The van der Waals surface area contributed by atoms with Gasteiger partial charge in [-0.05, 0) is 50.5 Å². The number of rotatable bonds is 5. The molecular formula is C17H33NO2S. The Hall–Kier alpha value is -0.0900. The first kappa shape index (κ1) is 17.3. The minimum Gasteiger partial charge on any atom is -0.313 e. The van der Waals surface area contributed by atoms with Gasteiger partial charge in [0.2, 0.25) is 0 Å². The first-order valence-electron chi connectivity index (χ1n) is 8.95. The summed E-state index contributed by atoms with van der Waals surface area (Å²) in [5.74, 6) is 1.17. The first-order chi connectivity index (χ1) is 9.98. The van der Waals surface area contributed by atoms with Crippen molar-refractivity contribution in [1.29, 1.82) is 0 Å². The Bertz CT molecular complexity index is 421. The summed E-state index contributed by atoms with van der Waals surface area (Å²) < 4.78 is 26.4. The summed E-state index contributed by atoms with van der Waals surface area (Å²) in [6.45, 7) is 7.36. The van der Waals surface area contributed by atoms with Crippen molar-refractivity contribution in [3.63, 3.8) is 0 Å². The lowest BCUT2D eigenvalue weighted by Gasteiger charge is -2.39. The fourth-order valence-electron chi connectivity index (χ4n) is 4.37. The second-order valence-corrected chi connectivity index (χ2v) is 9.72. The third kappa shape index (κ3) is 4.01. The molecule has 0 radical (unpaired) electrons. The van der Waals surface area contributed by atoms with Crippen molar-refractivity contribution in [2.45, 2.75) is 88.7 Å². The van der Waals surface area contributed by atoms with E-state index in [2.05, 4.69) is 26.1 Å². The van der Waals surface area contributed by atoms with E-state index in [1.54, 1.807) is 0 Å². The largest absolute Gasteiger partial charge is 0.313 e. The van der Waals surface area contributed by atoms with E-state index in [1.807, 2.05) is 0 Å². The quantitative estimate of drug-likeness (QED) is 0.844. The predicted octanol–water partition coefficient (Wildman–Crippen LogP) is 3.54. The zero-order chi connectivity index (χ0) is 15.5. The van der Waals surface area contributed by atoms with E-state index >= 15 is 0 Å². The molecule has 0 amide bonds. The van der Waals surface area contributed by atoms with Crippen LogP contribution in [-0.2, 0) is 9.84 Å². The van der Waals surface area contributed by atoms with Crippen LogP contribution in [0.4, 0.5) is 0 Å². The molecule has 0 aromatic carbocycles. The predicted molar refractivity (Wildman–Crippen MR) is 89.2 cm³/mol. The standard InChI is InChI=1S/C17H33NO2S/c1-4-14-9-10-16(18-5-2)17(12-14)21(19,20)15-8-6-7-13(3)11-15/h13-18H,4-12H2,1-3H3. The highest BCUT2D eigenvalue weighted by Gasteiger charge is 2.43. The highest BCUT2D eigenvalue weighted by atomic mass is 32.2. The van der Waals surface area contributed by atoms with Gasteiger partial charge in [-0.25, -0.2) is 8.42 Å². The minimum absolute atomic E-state index is 0.0805. The van der Waals surface area contributed by atoms with E-state index in [-0.39, 0.29) is 16.5 Å². The van der Waals surface area contributed by atoms with Crippen LogP contribution in [0.15, 0.2) is 0 Å². The van der Waals surface area contributed by atoms with Crippen molar-refractivity contribution < 1.29 is 8.42 Å². The topological polar surface area (TPSA) is 46.2 Å². The molecule has 124 valence electrons. The smallest absolute Gasteiger partial charge is 0.157 e. The van der Waals surface area contributed by atoms with Gasteiger partial charge in [-0.3, -0.25) is 0 Å². The van der Waals surface area contributed by atoms with Crippen molar-refractivity contribution in [2.24, 2.45) is 11.8 Å². The molecule has 3 nitrogen and oxygen atoms in total. The van der Waals surface area contributed by atoms with Crippen LogP contribution < -0.4 is 5.32 Å². The van der Waals surface area contributed by atoms with Crippen LogP contribution in [-0.4, -0.2) is 31.5 Å². The second kappa shape index (κ2) is 7.45. The summed E-state index contributed by atoms with van der Waals surface area (Å²) >= 11 is 0. The molecule has 1 N–H and O–H groups in total. The maximum Gasteiger partial charge on any atom is 0.157 e. The fraction of sp³-hybridized carbons (Fsp3) is 1.00. The minimum atomic E-state index is -2.99. The van der Waals surface area contributed by atoms with Crippen LogP contribution in [0.5, 0.6) is 0 Å². The second-order valence-electron chi connectivity index (χ2n) is 7.27. The van der Waals surface area contributed by atoms with Crippen molar-refractivity contribution in [3.8, 4) is 0 Å². The van der Waals surface area contributed by atoms with Crippen LogP contribution in [0.1, 0.15) is 72.1 Å². The van der Waals surface area contributed by atoms with E-state index in [1.165, 1.54) is 12.8 Å². The maximum absolute atomic E-state index is 13.2. The summed E-state index contributed by atoms with van der Waals surface area (Å²) in [5.41, 5.74) is 0. The molecular weight excluding hydrogens is 282 g/mol. The zero-order valence-electron chi connectivity index (χ0n) is 14.0. The Kier molecular flexibility index (Phi) is 6.13. The van der Waals surface area contributed by atoms with E-state index in [0.29, 0.717) is 11.8 Å². The third-order valence-corrected chi connectivity index (χ3v) is 8.44. The highest BCUT2D eigenvalue weighted by Crippen LogP contribution is 2.37. The molecule has 2 fully saturated rings. The molecule has 2 rings (SSSR count). The summed E-state index contributed by atoms with van der Waals surface area (Å²) in [6.07, 6.45) is 8.26. The van der Waals surface area contributed by atoms with Gasteiger partial charge in [0.05, 0.1) is 10.5 Å². The van der Waals surface area contributed by atoms with Crippen molar-refractivity contribution in [1.82, 2.24) is 5.32 Å². The molecule has 0 spiro atoms. The number of hydrogen-bond donors (Lipinski definition) is 1. The molecule has 0 heterocycles. The molecule has 0 aliphatic heterocycles. The highest BCUT2D eigenvalue weighted by molar-refractivity contribution is 7.92. The van der Waals surface area contributed by atoms with Crippen molar-refractivity contribution in [3.05, 3.63) is 0 Å². The van der Waals surface area contributed by atoms with Crippen LogP contribution in [0.3, 0.4) is 0 Å². The zero-order valence-corrected chi connectivity index (χ0v) is 14.8. The Morgan fingerprint density at radius 2 is 1.81 bits per heavy atom. The van der Waals surface area contributed by atoms with E-state index < -0.39 is 9.84 Å². The Labute approximate surface area is 131 Å². The van der Waals surface area contributed by atoms with Crippen LogP contribution in [0, 0.1) is 11.8 Å². The maximum atomic E-state index is 13.2. The van der Waals surface area contributed by atoms with Crippen LogP contribution in [0.2, 0.25) is 0 Å². The summed E-state index contributed by atoms with van der Waals surface area (Å²) in [6, 6.07) is 0.181. The Morgan fingerprint density at radius 3 is 2.43 bits per heavy atom. The SMILES string of the molecule is CCNC1CCC(CC)CC1S(=O)(=O)C1CCCC(C)C1. The van der Waals surface area contributed by atoms with E-state index in [4.69, 9.17) is 0 Å². The lowest BCUT2D eigenvalue weighted by atomic mass is 9.84. The fourth-order valence-corrected chi connectivity index (χ4v) is 7.18. The first-order valence-corrected chi connectivity index (χ1v) is 10.6. The molecule has 0 bridgehead atoms. The van der Waals surface area contributed by atoms with Crippen LogP contribution >= 0.6 is 0 Å². The van der Waals surface area contributed by atoms with Gasteiger partial charge in [0.1, 0.15) is 0 Å². The third-order valence-electron chi connectivity index (χ3n) is 5.72. The van der Waals surface area contributed by atoms with Crippen LogP contribution in [0.25, 0.3) is 0 Å². The Morgan fingerprint density at radius 1 is 1.05 bits per heavy atom. The average molecular weight is 316 g/mol. The van der Waals surface area contributed by atoms with Gasteiger partial charge in [-0.2, -0.15) is 0 Å². The monoisotopic (exact) mass is 315 g/mol. The van der Waals surface area contributed by atoms with E-state index in [0.717, 1.165) is 45.1 Å². The van der Waals surface area contributed by atoms with Gasteiger partial charge >= 0.3 is 0 Å². The molecule has 0 saturated heterocycles. The van der Waals surface area contributed by atoms with E-state index in [9.17, 15) is 8.42 Å². The van der Waals surface area contributed by atoms with Gasteiger partial charge in [0.25, 0.3) is 0 Å². The summed E-state index contributed by atoms with van der Waals surface area (Å²) in [4.78, 5) is 0. The van der Waals surface area contributed by atoms with Gasteiger partial charge in [-0.15, -0.1) is 0 Å². The molecule has 5 unspecified atom stereocenters. The molecule has 2 saturated carbocycles. The van der Waals surface area contributed by atoms with Crippen molar-refractivity contribution in [2.75, 3.05) is 6.54 Å². The molecule has 2 aliphatic carbocycles. The summed E-state index contributed by atoms with van der Waals surface area (Å²) in [5, 5.41) is 3.23. The molecule has 4 heteroatoms. The molecule has 5 atom stereocenters. The number of nitrogens with one attached hydrogen (secondary N) is 1. The van der Waals surface area contributed by atoms with Crippen molar-refractivity contribution >= 4 is 9.84 Å². The van der Waals surface area contributed by atoms with Gasteiger partial charge in [0.15, 0.2) is 9.84 Å². The lowest BCUT2D eigenvalue weighted by Crippen LogP contribution is -2.51. The number of hydrogen-bond acceptors (Lipinski definition) is 3. The molecule has 2 aliphatic rings. The molecule has 0 aromatic rings. The summed E-state index contributed by atoms with van der Waals surface area (Å²) in [7, 11) is -2.99. The number of sulfone groups is 1. The molecule has 0 aromatic heterocycles. The average Bonchev–Trinajstić information content (AvgIpc) is 2.48. The van der Waals surface area contributed by atoms with Gasteiger partial charge in [-0.1, -0.05) is 40.0 Å². The van der Waals surface area contributed by atoms with Gasteiger partial charge in [0, 0.05) is 6.04 Å². The van der Waals surface area contributed by atoms with Gasteiger partial charge < -0.3 is 5.32 Å². The normalized spacial score (nSPS) is 38.3. The lowest BCUT2D eigenvalue weighted by molar-refractivity contribution is 0.285. The Balaban J connectivity index is 2.16. The molecule has 21 heavy (non-hydrogen) atoms.